The molecule has 0 aliphatic heterocycles. The average molecular weight is 222 g/mol. The largest absolute Gasteiger partial charge is 0.455 e. The molecular formula is C12H14O4. The summed E-state index contributed by atoms with van der Waals surface area (Å²) in [7, 11) is 0. The van der Waals surface area contributed by atoms with E-state index in [9.17, 15) is 9.59 Å². The van der Waals surface area contributed by atoms with Crippen LogP contribution < -0.4 is 0 Å². The second kappa shape index (κ2) is 6.74. The minimum absolute atomic E-state index is 0.0319. The molecule has 0 fully saturated rings. The van der Waals surface area contributed by atoms with Crippen LogP contribution in [-0.2, 0) is 20.9 Å². The molecule has 1 N–H and O–H groups in total. The van der Waals surface area contributed by atoms with E-state index in [2.05, 4.69) is 0 Å². The Balaban J connectivity index is 2.32. The first-order valence-electron chi connectivity index (χ1n) is 5.09. The maximum Gasteiger partial charge on any atom is 0.374 e. The molecule has 0 saturated heterocycles. The molecule has 0 aliphatic carbocycles. The number of esters is 1. The SMILES string of the molecule is O=C(CCCO)C(=O)OCc1ccccc1. The molecule has 0 atom stereocenters. The molecule has 86 valence electrons. The van der Waals surface area contributed by atoms with Crippen LogP contribution in [0, 0.1) is 0 Å². The molecule has 0 radical (unpaired) electrons. The Hall–Kier alpha value is -1.68. The van der Waals surface area contributed by atoms with Crippen molar-refractivity contribution >= 4 is 11.8 Å². The van der Waals surface area contributed by atoms with Crippen molar-refractivity contribution in [2.75, 3.05) is 6.61 Å². The average Bonchev–Trinajstić information content (AvgIpc) is 2.34. The highest BCUT2D eigenvalue weighted by atomic mass is 16.5. The van der Waals surface area contributed by atoms with Crippen molar-refractivity contribution < 1.29 is 19.4 Å². The Morgan fingerprint density at radius 2 is 1.88 bits per heavy atom. The lowest BCUT2D eigenvalue weighted by atomic mass is 10.2. The third-order valence-corrected chi connectivity index (χ3v) is 2.00. The molecular weight excluding hydrogens is 208 g/mol. The fraction of sp³-hybridized carbons (Fsp3) is 0.333. The molecule has 16 heavy (non-hydrogen) atoms. The summed E-state index contributed by atoms with van der Waals surface area (Å²) >= 11 is 0. The Morgan fingerprint density at radius 1 is 1.19 bits per heavy atom. The van der Waals surface area contributed by atoms with E-state index in [-0.39, 0.29) is 19.6 Å². The van der Waals surface area contributed by atoms with Crippen LogP contribution in [0.4, 0.5) is 0 Å². The topological polar surface area (TPSA) is 63.6 Å². The van der Waals surface area contributed by atoms with Crippen LogP contribution >= 0.6 is 0 Å². The molecule has 1 aromatic rings. The molecule has 0 bridgehead atoms. The van der Waals surface area contributed by atoms with Crippen LogP contribution in [-0.4, -0.2) is 23.5 Å². The van der Waals surface area contributed by atoms with Gasteiger partial charge in [0.1, 0.15) is 6.61 Å². The van der Waals surface area contributed by atoms with Crippen molar-refractivity contribution in [3.8, 4) is 0 Å². The Morgan fingerprint density at radius 3 is 2.50 bits per heavy atom. The van der Waals surface area contributed by atoms with Crippen molar-refractivity contribution in [3.63, 3.8) is 0 Å². The maximum atomic E-state index is 11.2. The van der Waals surface area contributed by atoms with Crippen molar-refractivity contribution in [2.45, 2.75) is 19.4 Å². The number of ether oxygens (including phenoxy) is 1. The minimum Gasteiger partial charge on any atom is -0.455 e. The van der Waals surface area contributed by atoms with E-state index in [1.165, 1.54) is 0 Å². The van der Waals surface area contributed by atoms with E-state index in [1.54, 1.807) is 0 Å². The van der Waals surface area contributed by atoms with Gasteiger partial charge in [0, 0.05) is 13.0 Å². The predicted molar refractivity (Wildman–Crippen MR) is 57.6 cm³/mol. The van der Waals surface area contributed by atoms with E-state index >= 15 is 0 Å². The van der Waals surface area contributed by atoms with Crippen LogP contribution in [0.1, 0.15) is 18.4 Å². The second-order valence-electron chi connectivity index (χ2n) is 3.31. The number of hydrogen-bond donors (Lipinski definition) is 1. The summed E-state index contributed by atoms with van der Waals surface area (Å²) in [5.41, 5.74) is 0.839. The summed E-state index contributed by atoms with van der Waals surface area (Å²) in [5, 5.41) is 8.50. The van der Waals surface area contributed by atoms with E-state index < -0.39 is 11.8 Å². The molecule has 0 spiro atoms. The van der Waals surface area contributed by atoms with Gasteiger partial charge in [-0.25, -0.2) is 4.79 Å². The van der Waals surface area contributed by atoms with Crippen LogP contribution in [0.25, 0.3) is 0 Å². The number of Topliss-reactive ketones (excluding diaryl/α,β-unsaturated/α-hetero) is 1. The number of carbonyl (C=O) groups is 2. The highest BCUT2D eigenvalue weighted by molar-refractivity contribution is 6.33. The lowest BCUT2D eigenvalue weighted by molar-refractivity contribution is -0.155. The molecule has 0 heterocycles. The number of ketones is 1. The van der Waals surface area contributed by atoms with Gasteiger partial charge in [-0.1, -0.05) is 30.3 Å². The molecule has 1 rings (SSSR count). The predicted octanol–water partition coefficient (Wildman–Crippen LogP) is 1.07. The summed E-state index contributed by atoms with van der Waals surface area (Å²) in [6.07, 6.45) is 0.323. The van der Waals surface area contributed by atoms with E-state index in [4.69, 9.17) is 9.84 Å². The van der Waals surface area contributed by atoms with Gasteiger partial charge in [0.05, 0.1) is 0 Å². The van der Waals surface area contributed by atoms with Gasteiger partial charge in [0.25, 0.3) is 0 Å². The fourth-order valence-corrected chi connectivity index (χ4v) is 1.15. The summed E-state index contributed by atoms with van der Waals surface area (Å²) in [5.74, 6) is -1.43. The van der Waals surface area contributed by atoms with Crippen LogP contribution in [0.5, 0.6) is 0 Å². The van der Waals surface area contributed by atoms with Gasteiger partial charge < -0.3 is 9.84 Å². The first-order chi connectivity index (χ1) is 7.74. The van der Waals surface area contributed by atoms with Gasteiger partial charge in [-0.3, -0.25) is 4.79 Å². The van der Waals surface area contributed by atoms with Crippen molar-refractivity contribution in [3.05, 3.63) is 35.9 Å². The van der Waals surface area contributed by atoms with Crippen LogP contribution in [0.2, 0.25) is 0 Å². The van der Waals surface area contributed by atoms with Gasteiger partial charge in [-0.05, 0) is 12.0 Å². The first-order valence-corrected chi connectivity index (χ1v) is 5.09. The molecule has 4 heteroatoms. The van der Waals surface area contributed by atoms with Gasteiger partial charge in [0.2, 0.25) is 5.78 Å². The third kappa shape index (κ3) is 4.23. The summed E-state index contributed by atoms with van der Waals surface area (Å²) < 4.78 is 4.82. The van der Waals surface area contributed by atoms with Gasteiger partial charge in [0.15, 0.2) is 0 Å². The lowest BCUT2D eigenvalue weighted by Gasteiger charge is -2.03. The van der Waals surface area contributed by atoms with Gasteiger partial charge >= 0.3 is 5.97 Å². The monoisotopic (exact) mass is 222 g/mol. The minimum atomic E-state index is -0.836. The van der Waals surface area contributed by atoms with Crippen LogP contribution in [0.15, 0.2) is 30.3 Å². The van der Waals surface area contributed by atoms with E-state index in [1.807, 2.05) is 30.3 Å². The molecule has 0 aliphatic rings. The van der Waals surface area contributed by atoms with Gasteiger partial charge in [-0.2, -0.15) is 0 Å². The first kappa shape index (κ1) is 12.4. The fourth-order valence-electron chi connectivity index (χ4n) is 1.15. The number of carbonyl (C=O) groups excluding carboxylic acids is 2. The summed E-state index contributed by atoms with van der Waals surface area (Å²) in [6, 6.07) is 9.14. The number of aliphatic hydroxyl groups excluding tert-OH is 1. The highest BCUT2D eigenvalue weighted by Crippen LogP contribution is 2.02. The molecule has 0 unspecified atom stereocenters. The molecule has 0 saturated carbocycles. The maximum absolute atomic E-state index is 11.2. The molecule has 1 aromatic carbocycles. The Bertz CT molecular complexity index is 345. The smallest absolute Gasteiger partial charge is 0.374 e. The zero-order valence-electron chi connectivity index (χ0n) is 8.89. The number of hydrogen-bond acceptors (Lipinski definition) is 4. The summed E-state index contributed by atoms with van der Waals surface area (Å²) in [6.45, 7) is 0.00223. The summed E-state index contributed by atoms with van der Waals surface area (Å²) in [4.78, 5) is 22.3. The van der Waals surface area contributed by atoms with Crippen LogP contribution in [0.3, 0.4) is 0 Å². The zero-order valence-corrected chi connectivity index (χ0v) is 8.89. The lowest BCUT2D eigenvalue weighted by Crippen LogP contribution is -2.17. The number of rotatable bonds is 6. The number of aliphatic hydroxyl groups is 1. The highest BCUT2D eigenvalue weighted by Gasteiger charge is 2.14. The molecule has 4 nitrogen and oxygen atoms in total. The Labute approximate surface area is 93.9 Å². The normalized spacial score (nSPS) is 9.81. The van der Waals surface area contributed by atoms with Crippen molar-refractivity contribution in [1.82, 2.24) is 0 Å². The third-order valence-electron chi connectivity index (χ3n) is 2.00. The Kier molecular flexibility index (Phi) is 5.22. The van der Waals surface area contributed by atoms with Gasteiger partial charge in [-0.15, -0.1) is 0 Å². The second-order valence-corrected chi connectivity index (χ2v) is 3.31. The van der Waals surface area contributed by atoms with Crippen molar-refractivity contribution in [1.29, 1.82) is 0 Å². The quantitative estimate of drug-likeness (QED) is 0.577. The van der Waals surface area contributed by atoms with E-state index in [0.717, 1.165) is 5.56 Å². The molecule has 0 amide bonds. The molecule has 0 aromatic heterocycles. The number of benzene rings is 1. The van der Waals surface area contributed by atoms with Crippen molar-refractivity contribution in [2.24, 2.45) is 0 Å². The zero-order chi connectivity index (χ0) is 11.8. The standard InChI is InChI=1S/C12H14O4/c13-8-4-7-11(14)12(15)16-9-10-5-2-1-3-6-10/h1-3,5-6,13H,4,7-9H2. The van der Waals surface area contributed by atoms with E-state index in [0.29, 0.717) is 6.42 Å².